The standard InChI is InChI=1S/C28H33ClN2O5/c1-2-35-28(34)20-7-12-23(13-8-20)36-22-10-5-19(6-11-22)26(32)30-15-16-31-27(33)21-9-14-24(18-3-4-18)25(29)17-21/h5-6,9-11,14,17-18,20,23H,2-4,7-8,12-13,15-16H2,1H3,(H,30,32)(H,31,33). The first-order chi connectivity index (χ1) is 17.4. The number of halogens is 1. The molecule has 36 heavy (non-hydrogen) atoms. The maximum absolute atomic E-state index is 12.4. The SMILES string of the molecule is CCOC(=O)C1CCC(Oc2ccc(C(=O)NCCNC(=O)c3ccc(C4CC4)c(Cl)c3)cc2)CC1. The van der Waals surface area contributed by atoms with E-state index in [-0.39, 0.29) is 29.8 Å². The van der Waals surface area contributed by atoms with Gasteiger partial charge in [0.25, 0.3) is 11.8 Å². The summed E-state index contributed by atoms with van der Waals surface area (Å²) in [7, 11) is 0. The molecule has 0 heterocycles. The topological polar surface area (TPSA) is 93.7 Å². The molecular formula is C28H33ClN2O5. The Kier molecular flexibility index (Phi) is 8.86. The third-order valence-electron chi connectivity index (χ3n) is 6.69. The lowest BCUT2D eigenvalue weighted by atomic mass is 9.87. The van der Waals surface area contributed by atoms with Crippen LogP contribution in [0.2, 0.25) is 5.02 Å². The maximum Gasteiger partial charge on any atom is 0.308 e. The third kappa shape index (κ3) is 7.00. The lowest BCUT2D eigenvalue weighted by Crippen LogP contribution is -2.34. The lowest BCUT2D eigenvalue weighted by Gasteiger charge is -2.27. The van der Waals surface area contributed by atoms with Crippen LogP contribution in [0.1, 0.15) is 77.6 Å². The average Bonchev–Trinajstić information content (AvgIpc) is 3.73. The summed E-state index contributed by atoms with van der Waals surface area (Å²) >= 11 is 6.31. The Hall–Kier alpha value is -3.06. The van der Waals surface area contributed by atoms with E-state index in [9.17, 15) is 14.4 Å². The first-order valence-corrected chi connectivity index (χ1v) is 13.1. The van der Waals surface area contributed by atoms with Crippen LogP contribution in [0.4, 0.5) is 0 Å². The fourth-order valence-electron chi connectivity index (χ4n) is 4.50. The van der Waals surface area contributed by atoms with Gasteiger partial charge in [-0.25, -0.2) is 0 Å². The second kappa shape index (κ2) is 12.3. The number of amides is 2. The minimum Gasteiger partial charge on any atom is -0.490 e. The fourth-order valence-corrected chi connectivity index (χ4v) is 4.84. The molecule has 2 N–H and O–H groups in total. The molecule has 0 aliphatic heterocycles. The van der Waals surface area contributed by atoms with Crippen molar-refractivity contribution in [3.05, 3.63) is 64.2 Å². The van der Waals surface area contributed by atoms with Crippen molar-refractivity contribution in [3.63, 3.8) is 0 Å². The van der Waals surface area contributed by atoms with E-state index >= 15 is 0 Å². The van der Waals surface area contributed by atoms with Crippen molar-refractivity contribution in [2.24, 2.45) is 5.92 Å². The van der Waals surface area contributed by atoms with Crippen molar-refractivity contribution in [2.75, 3.05) is 19.7 Å². The first-order valence-electron chi connectivity index (χ1n) is 12.7. The Morgan fingerprint density at radius 1 is 0.861 bits per heavy atom. The smallest absolute Gasteiger partial charge is 0.308 e. The van der Waals surface area contributed by atoms with E-state index in [1.165, 1.54) is 0 Å². The predicted octanol–water partition coefficient (Wildman–Crippen LogP) is 4.88. The Morgan fingerprint density at radius 3 is 2.06 bits per heavy atom. The second-order valence-electron chi connectivity index (χ2n) is 9.39. The predicted molar refractivity (Wildman–Crippen MR) is 138 cm³/mol. The summed E-state index contributed by atoms with van der Waals surface area (Å²) in [4.78, 5) is 36.7. The Morgan fingerprint density at radius 2 is 1.47 bits per heavy atom. The van der Waals surface area contributed by atoms with Gasteiger partial charge in [-0.05, 0) is 93.3 Å². The van der Waals surface area contributed by atoms with E-state index in [0.717, 1.165) is 44.1 Å². The summed E-state index contributed by atoms with van der Waals surface area (Å²) in [5.41, 5.74) is 2.14. The summed E-state index contributed by atoms with van der Waals surface area (Å²) in [6.45, 7) is 2.84. The van der Waals surface area contributed by atoms with Crippen LogP contribution in [0.15, 0.2) is 42.5 Å². The highest BCUT2D eigenvalue weighted by Gasteiger charge is 2.28. The monoisotopic (exact) mass is 512 g/mol. The number of ether oxygens (including phenoxy) is 2. The van der Waals surface area contributed by atoms with E-state index < -0.39 is 0 Å². The summed E-state index contributed by atoms with van der Waals surface area (Å²) in [5, 5.41) is 6.25. The van der Waals surface area contributed by atoms with Crippen molar-refractivity contribution in [1.82, 2.24) is 10.6 Å². The highest BCUT2D eigenvalue weighted by molar-refractivity contribution is 6.31. The molecular weight excluding hydrogens is 480 g/mol. The van der Waals surface area contributed by atoms with Gasteiger partial charge in [0.05, 0.1) is 18.6 Å². The number of carbonyl (C=O) groups excluding carboxylic acids is 3. The number of hydrogen-bond donors (Lipinski definition) is 2. The largest absolute Gasteiger partial charge is 0.490 e. The molecule has 2 aliphatic rings. The summed E-state index contributed by atoms with van der Waals surface area (Å²) < 4.78 is 11.1. The molecule has 0 aromatic heterocycles. The summed E-state index contributed by atoms with van der Waals surface area (Å²) in [6.07, 6.45) is 5.49. The van der Waals surface area contributed by atoms with Crippen LogP contribution in [0.25, 0.3) is 0 Å². The molecule has 2 amide bonds. The van der Waals surface area contributed by atoms with Crippen molar-refractivity contribution in [1.29, 1.82) is 0 Å². The second-order valence-corrected chi connectivity index (χ2v) is 9.80. The Bertz CT molecular complexity index is 1080. The zero-order valence-corrected chi connectivity index (χ0v) is 21.3. The van der Waals surface area contributed by atoms with Crippen molar-refractivity contribution in [2.45, 2.75) is 57.5 Å². The van der Waals surface area contributed by atoms with Gasteiger partial charge in [-0.3, -0.25) is 14.4 Å². The molecule has 2 aromatic rings. The van der Waals surface area contributed by atoms with Gasteiger partial charge in [-0.2, -0.15) is 0 Å². The minimum atomic E-state index is -0.220. The molecule has 2 aromatic carbocycles. The van der Waals surface area contributed by atoms with Crippen molar-refractivity contribution >= 4 is 29.4 Å². The highest BCUT2D eigenvalue weighted by Crippen LogP contribution is 2.43. The Balaban J connectivity index is 1.16. The van der Waals surface area contributed by atoms with Gasteiger partial charge in [0.15, 0.2) is 0 Å². The van der Waals surface area contributed by atoms with E-state index in [0.29, 0.717) is 47.5 Å². The minimum absolute atomic E-state index is 0.0358. The number of hydrogen-bond acceptors (Lipinski definition) is 5. The van der Waals surface area contributed by atoms with Crippen molar-refractivity contribution < 1.29 is 23.9 Å². The van der Waals surface area contributed by atoms with Crippen LogP contribution < -0.4 is 15.4 Å². The molecule has 0 atom stereocenters. The average molecular weight is 513 g/mol. The molecule has 0 radical (unpaired) electrons. The number of nitrogens with one attached hydrogen (secondary N) is 2. The third-order valence-corrected chi connectivity index (χ3v) is 7.02. The van der Waals surface area contributed by atoms with E-state index in [1.807, 2.05) is 13.0 Å². The quantitative estimate of drug-likeness (QED) is 0.349. The van der Waals surface area contributed by atoms with Gasteiger partial charge in [0, 0.05) is 29.2 Å². The summed E-state index contributed by atoms with van der Waals surface area (Å²) in [6, 6.07) is 12.4. The van der Waals surface area contributed by atoms with Crippen LogP contribution in [-0.4, -0.2) is 43.6 Å². The first kappa shape index (κ1) is 26.0. The molecule has 2 fully saturated rings. The molecule has 192 valence electrons. The molecule has 7 nitrogen and oxygen atoms in total. The molecule has 2 aliphatic carbocycles. The molecule has 2 saturated carbocycles. The zero-order chi connectivity index (χ0) is 25.5. The van der Waals surface area contributed by atoms with Crippen LogP contribution in [-0.2, 0) is 9.53 Å². The maximum atomic E-state index is 12.4. The normalized spacial score (nSPS) is 19.3. The summed E-state index contributed by atoms with van der Waals surface area (Å²) in [5.74, 6) is 0.644. The van der Waals surface area contributed by atoms with Gasteiger partial charge in [0.1, 0.15) is 5.75 Å². The van der Waals surface area contributed by atoms with E-state index in [1.54, 1.807) is 36.4 Å². The van der Waals surface area contributed by atoms with Gasteiger partial charge < -0.3 is 20.1 Å². The van der Waals surface area contributed by atoms with Crippen molar-refractivity contribution in [3.8, 4) is 5.75 Å². The molecule has 0 bridgehead atoms. The Labute approximate surface area is 216 Å². The van der Waals surface area contributed by atoms with Gasteiger partial charge in [0.2, 0.25) is 0 Å². The number of rotatable bonds is 10. The molecule has 0 saturated heterocycles. The van der Waals surface area contributed by atoms with E-state index in [2.05, 4.69) is 10.6 Å². The molecule has 0 unspecified atom stereocenters. The highest BCUT2D eigenvalue weighted by atomic mass is 35.5. The van der Waals surface area contributed by atoms with Crippen LogP contribution in [0.3, 0.4) is 0 Å². The fraction of sp³-hybridized carbons (Fsp3) is 0.464. The van der Waals surface area contributed by atoms with Crippen LogP contribution >= 0.6 is 11.6 Å². The van der Waals surface area contributed by atoms with Crippen LogP contribution in [0.5, 0.6) is 5.75 Å². The zero-order valence-electron chi connectivity index (χ0n) is 20.6. The number of benzene rings is 2. The van der Waals surface area contributed by atoms with Crippen LogP contribution in [0, 0.1) is 5.92 Å². The molecule has 0 spiro atoms. The van der Waals surface area contributed by atoms with Gasteiger partial charge in [-0.15, -0.1) is 0 Å². The van der Waals surface area contributed by atoms with Gasteiger partial charge >= 0.3 is 5.97 Å². The van der Waals surface area contributed by atoms with Gasteiger partial charge in [-0.1, -0.05) is 17.7 Å². The molecule has 4 rings (SSSR count). The lowest BCUT2D eigenvalue weighted by molar-refractivity contribution is -0.149. The number of esters is 1. The number of carbonyl (C=O) groups is 3. The van der Waals surface area contributed by atoms with E-state index in [4.69, 9.17) is 21.1 Å². The molecule has 8 heteroatoms.